The number of hydrogen-bond donors (Lipinski definition) is 1. The van der Waals surface area contributed by atoms with Crippen molar-refractivity contribution in [3.63, 3.8) is 0 Å². The lowest BCUT2D eigenvalue weighted by Crippen LogP contribution is -2.30. The molecule has 144 valence electrons. The molecule has 3 rings (SSSR count). The number of nitrogens with zero attached hydrogens (tertiary/aromatic N) is 2. The zero-order valence-corrected chi connectivity index (χ0v) is 16.8. The molecule has 1 N–H and O–H groups in total. The van der Waals surface area contributed by atoms with Crippen LogP contribution in [0.25, 0.3) is 0 Å². The summed E-state index contributed by atoms with van der Waals surface area (Å²) in [5.41, 5.74) is 4.13. The Hall–Kier alpha value is -2.93. The van der Waals surface area contributed by atoms with E-state index in [1.807, 2.05) is 48.5 Å². The smallest absolute Gasteiger partial charge is 0.245 e. The van der Waals surface area contributed by atoms with Crippen LogP contribution >= 0.6 is 15.9 Å². The first-order chi connectivity index (χ1) is 13.6. The summed E-state index contributed by atoms with van der Waals surface area (Å²) >= 11 is 3.37. The molecule has 1 aliphatic rings. The second-order valence-electron chi connectivity index (χ2n) is 6.28. The summed E-state index contributed by atoms with van der Waals surface area (Å²) in [6.07, 6.45) is 3.40. The van der Waals surface area contributed by atoms with Crippen LogP contribution in [0.1, 0.15) is 12.0 Å². The number of carbonyl (C=O) groups is 2. The average Bonchev–Trinajstić information content (AvgIpc) is 3.09. The van der Waals surface area contributed by atoms with Gasteiger partial charge in [0.1, 0.15) is 12.4 Å². The fourth-order valence-corrected chi connectivity index (χ4v) is 3.09. The van der Waals surface area contributed by atoms with Crippen LogP contribution in [-0.4, -0.2) is 31.2 Å². The quantitative estimate of drug-likeness (QED) is 0.405. The number of amides is 2. The normalized spacial score (nSPS) is 16.4. The fourth-order valence-electron chi connectivity index (χ4n) is 2.82. The zero-order chi connectivity index (χ0) is 19.9. The maximum atomic E-state index is 12.3. The molecule has 2 aromatic carbocycles. The predicted molar refractivity (Wildman–Crippen MR) is 112 cm³/mol. The first kappa shape index (κ1) is 19.8. The molecule has 0 saturated carbocycles. The monoisotopic (exact) mass is 441 g/mol. The minimum Gasteiger partial charge on any atom is -0.490 e. The molecule has 28 heavy (non-hydrogen) atoms. The highest BCUT2D eigenvalue weighted by Gasteiger charge is 2.35. The molecule has 0 bridgehead atoms. The molecule has 0 unspecified atom stereocenters. The third-order valence-electron chi connectivity index (χ3n) is 4.27. The molecule has 0 aromatic heterocycles. The summed E-state index contributed by atoms with van der Waals surface area (Å²) in [5, 5.41) is 3.99. The first-order valence-electron chi connectivity index (χ1n) is 8.79. The average molecular weight is 442 g/mol. The lowest BCUT2D eigenvalue weighted by Gasteiger charge is -2.16. The van der Waals surface area contributed by atoms with Gasteiger partial charge in [-0.15, -0.1) is 0 Å². The van der Waals surface area contributed by atoms with Crippen molar-refractivity contribution < 1.29 is 14.3 Å². The SMILES string of the molecule is C=CCOc1ccc(/C=N\NC(=O)[C@H]2CC(=O)N(c3ccc(Br)cc3)C2)cc1. The van der Waals surface area contributed by atoms with Gasteiger partial charge >= 0.3 is 0 Å². The van der Waals surface area contributed by atoms with E-state index >= 15 is 0 Å². The topological polar surface area (TPSA) is 71.0 Å². The van der Waals surface area contributed by atoms with Crippen molar-refractivity contribution in [1.82, 2.24) is 5.43 Å². The van der Waals surface area contributed by atoms with Crippen molar-refractivity contribution in [1.29, 1.82) is 0 Å². The van der Waals surface area contributed by atoms with Gasteiger partial charge in [0, 0.05) is 23.1 Å². The van der Waals surface area contributed by atoms with Gasteiger partial charge in [0.25, 0.3) is 0 Å². The second-order valence-corrected chi connectivity index (χ2v) is 7.20. The summed E-state index contributed by atoms with van der Waals surface area (Å²) in [4.78, 5) is 26.2. The molecule has 2 aromatic rings. The van der Waals surface area contributed by atoms with E-state index in [4.69, 9.17) is 4.74 Å². The van der Waals surface area contributed by atoms with Crippen molar-refractivity contribution >= 4 is 39.6 Å². The van der Waals surface area contributed by atoms with Gasteiger partial charge in [0.2, 0.25) is 11.8 Å². The van der Waals surface area contributed by atoms with Gasteiger partial charge in [-0.1, -0.05) is 28.6 Å². The molecule has 1 heterocycles. The largest absolute Gasteiger partial charge is 0.490 e. The van der Waals surface area contributed by atoms with Gasteiger partial charge in [-0.3, -0.25) is 9.59 Å². The van der Waals surface area contributed by atoms with Crippen molar-refractivity contribution in [2.45, 2.75) is 6.42 Å². The van der Waals surface area contributed by atoms with E-state index in [-0.39, 0.29) is 18.2 Å². The Bertz CT molecular complexity index is 879. The summed E-state index contributed by atoms with van der Waals surface area (Å²) in [6, 6.07) is 14.7. The van der Waals surface area contributed by atoms with Crippen LogP contribution in [-0.2, 0) is 9.59 Å². The Morgan fingerprint density at radius 2 is 1.96 bits per heavy atom. The molecular weight excluding hydrogens is 422 g/mol. The lowest BCUT2D eigenvalue weighted by molar-refractivity contribution is -0.126. The number of rotatable bonds is 7. The standard InChI is InChI=1S/C21H20BrN3O3/c1-2-11-28-19-9-3-15(4-10-19)13-23-24-21(27)16-12-20(26)25(14-16)18-7-5-17(22)6-8-18/h2-10,13,16H,1,11-12,14H2,(H,24,27)/b23-13-/t16-/m0/s1. The van der Waals surface area contributed by atoms with E-state index in [0.717, 1.165) is 21.5 Å². The van der Waals surface area contributed by atoms with E-state index in [2.05, 4.69) is 33.0 Å². The molecule has 1 atom stereocenters. The summed E-state index contributed by atoms with van der Waals surface area (Å²) in [5.74, 6) is -0.0294. The molecule has 0 radical (unpaired) electrons. The molecule has 1 aliphatic heterocycles. The molecule has 1 saturated heterocycles. The Morgan fingerprint density at radius 3 is 2.64 bits per heavy atom. The summed E-state index contributed by atoms with van der Waals surface area (Å²) in [6.45, 7) is 4.39. The Labute approximate surface area is 172 Å². The third-order valence-corrected chi connectivity index (χ3v) is 4.80. The van der Waals surface area contributed by atoms with Crippen LogP contribution in [0.3, 0.4) is 0 Å². The number of anilines is 1. The van der Waals surface area contributed by atoms with E-state index in [1.54, 1.807) is 17.2 Å². The van der Waals surface area contributed by atoms with Crippen molar-refractivity contribution in [2.75, 3.05) is 18.1 Å². The van der Waals surface area contributed by atoms with E-state index in [1.165, 1.54) is 0 Å². The Morgan fingerprint density at radius 1 is 1.25 bits per heavy atom. The zero-order valence-electron chi connectivity index (χ0n) is 15.2. The molecule has 6 nitrogen and oxygen atoms in total. The van der Waals surface area contributed by atoms with Crippen LogP contribution in [0.15, 0.2) is 70.8 Å². The van der Waals surface area contributed by atoms with Gasteiger partial charge in [-0.2, -0.15) is 5.10 Å². The molecule has 2 amide bonds. The van der Waals surface area contributed by atoms with Gasteiger partial charge in [0.15, 0.2) is 0 Å². The molecule has 0 spiro atoms. The van der Waals surface area contributed by atoms with Crippen LogP contribution in [0.4, 0.5) is 5.69 Å². The number of halogens is 1. The maximum Gasteiger partial charge on any atom is 0.245 e. The highest BCUT2D eigenvalue weighted by molar-refractivity contribution is 9.10. The molecule has 0 aliphatic carbocycles. The molecule has 7 heteroatoms. The first-order valence-corrected chi connectivity index (χ1v) is 9.58. The van der Waals surface area contributed by atoms with Crippen LogP contribution in [0, 0.1) is 5.92 Å². The molecule has 1 fully saturated rings. The van der Waals surface area contributed by atoms with Crippen molar-refractivity contribution in [3.8, 4) is 5.75 Å². The van der Waals surface area contributed by atoms with E-state index < -0.39 is 5.92 Å². The van der Waals surface area contributed by atoms with E-state index in [9.17, 15) is 9.59 Å². The fraction of sp³-hybridized carbons (Fsp3) is 0.190. The van der Waals surface area contributed by atoms with Crippen LogP contribution < -0.4 is 15.1 Å². The number of nitrogens with one attached hydrogen (secondary N) is 1. The van der Waals surface area contributed by atoms with Gasteiger partial charge in [-0.05, 0) is 54.1 Å². The number of carbonyl (C=O) groups excluding carboxylic acids is 2. The highest BCUT2D eigenvalue weighted by atomic mass is 79.9. The Kier molecular flexibility index (Phi) is 6.60. The van der Waals surface area contributed by atoms with Crippen molar-refractivity contribution in [3.05, 3.63) is 71.2 Å². The minimum absolute atomic E-state index is 0.0680. The number of ether oxygens (including phenoxy) is 1. The van der Waals surface area contributed by atoms with Gasteiger partial charge in [0.05, 0.1) is 12.1 Å². The number of hydrazone groups is 1. The number of hydrogen-bond acceptors (Lipinski definition) is 4. The second kappa shape index (κ2) is 9.32. The van der Waals surface area contributed by atoms with E-state index in [0.29, 0.717) is 13.2 Å². The predicted octanol–water partition coefficient (Wildman–Crippen LogP) is 3.52. The minimum atomic E-state index is -0.428. The van der Waals surface area contributed by atoms with Gasteiger partial charge in [-0.25, -0.2) is 5.43 Å². The van der Waals surface area contributed by atoms with Crippen LogP contribution in [0.5, 0.6) is 5.75 Å². The maximum absolute atomic E-state index is 12.3. The highest BCUT2D eigenvalue weighted by Crippen LogP contribution is 2.26. The van der Waals surface area contributed by atoms with Crippen LogP contribution in [0.2, 0.25) is 0 Å². The summed E-state index contributed by atoms with van der Waals surface area (Å²) in [7, 11) is 0. The Balaban J connectivity index is 1.53. The van der Waals surface area contributed by atoms with Crippen molar-refractivity contribution in [2.24, 2.45) is 11.0 Å². The van der Waals surface area contributed by atoms with Gasteiger partial charge < -0.3 is 9.64 Å². The lowest BCUT2D eigenvalue weighted by atomic mass is 10.1. The summed E-state index contributed by atoms with van der Waals surface area (Å²) < 4.78 is 6.35. The third kappa shape index (κ3) is 5.07. The number of benzene rings is 2. The molecular formula is C21H20BrN3O3.